The molecule has 0 bridgehead atoms. The van der Waals surface area contributed by atoms with Gasteiger partial charge in [-0.3, -0.25) is 14.9 Å². The summed E-state index contributed by atoms with van der Waals surface area (Å²) >= 11 is 1.50. The van der Waals surface area contributed by atoms with E-state index in [2.05, 4.69) is 15.6 Å². The molecule has 0 unspecified atom stereocenters. The number of nitro groups is 1. The highest BCUT2D eigenvalue weighted by molar-refractivity contribution is 7.13. The summed E-state index contributed by atoms with van der Waals surface area (Å²) < 4.78 is 5.38. The third-order valence-electron chi connectivity index (χ3n) is 3.44. The SMILES string of the molecule is CNc1ccc(C(=O)NCc2coc(-c3cccs3)n2)cc1[N+](=O)[O-]. The minimum absolute atomic E-state index is 0.156. The molecule has 0 aliphatic carbocycles. The highest BCUT2D eigenvalue weighted by atomic mass is 32.1. The fraction of sp³-hybridized carbons (Fsp3) is 0.125. The quantitative estimate of drug-likeness (QED) is 0.517. The minimum atomic E-state index is -0.534. The van der Waals surface area contributed by atoms with Crippen LogP contribution in [-0.2, 0) is 6.54 Å². The Hall–Kier alpha value is -3.20. The molecule has 2 aromatic heterocycles. The van der Waals surface area contributed by atoms with E-state index in [0.29, 0.717) is 17.3 Å². The van der Waals surface area contributed by atoms with Crippen LogP contribution in [-0.4, -0.2) is 22.9 Å². The number of carbonyl (C=O) groups is 1. The summed E-state index contributed by atoms with van der Waals surface area (Å²) in [7, 11) is 1.58. The third kappa shape index (κ3) is 3.66. The fourth-order valence-corrected chi connectivity index (χ4v) is 2.87. The molecule has 0 saturated carbocycles. The number of aromatic nitrogens is 1. The molecule has 2 N–H and O–H groups in total. The Bertz CT molecular complexity index is 905. The standard InChI is InChI=1S/C16H14N4O4S/c1-17-12-5-4-10(7-13(12)20(22)23)15(21)18-8-11-9-24-16(19-11)14-3-2-6-25-14/h2-7,9,17H,8H2,1H3,(H,18,21). The summed E-state index contributed by atoms with van der Waals surface area (Å²) in [4.78, 5) is 27.9. The Morgan fingerprint density at radius 3 is 2.92 bits per heavy atom. The van der Waals surface area contributed by atoms with E-state index >= 15 is 0 Å². The molecule has 0 atom stereocenters. The van der Waals surface area contributed by atoms with Crippen LogP contribution in [0.25, 0.3) is 10.8 Å². The molecule has 0 aliphatic rings. The van der Waals surface area contributed by atoms with E-state index in [9.17, 15) is 14.9 Å². The molecule has 0 aliphatic heterocycles. The molecule has 0 radical (unpaired) electrons. The molecule has 3 aromatic rings. The van der Waals surface area contributed by atoms with E-state index in [4.69, 9.17) is 4.42 Å². The van der Waals surface area contributed by atoms with Crippen molar-refractivity contribution < 1.29 is 14.1 Å². The maximum Gasteiger partial charge on any atom is 0.293 e. The van der Waals surface area contributed by atoms with E-state index in [-0.39, 0.29) is 17.8 Å². The third-order valence-corrected chi connectivity index (χ3v) is 4.30. The van der Waals surface area contributed by atoms with Crippen LogP contribution in [0, 0.1) is 10.1 Å². The summed E-state index contributed by atoms with van der Waals surface area (Å²) in [5, 5.41) is 18.4. The van der Waals surface area contributed by atoms with Crippen LogP contribution >= 0.6 is 11.3 Å². The molecule has 1 aromatic carbocycles. The minimum Gasteiger partial charge on any atom is -0.443 e. The van der Waals surface area contributed by atoms with E-state index in [0.717, 1.165) is 4.88 Å². The first-order valence-electron chi connectivity index (χ1n) is 7.31. The van der Waals surface area contributed by atoms with Gasteiger partial charge in [0, 0.05) is 18.7 Å². The second kappa shape index (κ2) is 7.14. The number of nitrogens with one attached hydrogen (secondary N) is 2. The van der Waals surface area contributed by atoms with Crippen LogP contribution in [0.5, 0.6) is 0 Å². The first-order chi connectivity index (χ1) is 12.1. The summed E-state index contributed by atoms with van der Waals surface area (Å²) in [6.07, 6.45) is 1.47. The number of nitrogens with zero attached hydrogens (tertiary/aromatic N) is 2. The summed E-state index contributed by atoms with van der Waals surface area (Å²) in [6.45, 7) is 0.162. The van der Waals surface area contributed by atoms with Gasteiger partial charge < -0.3 is 15.1 Å². The van der Waals surface area contributed by atoms with Crippen molar-refractivity contribution in [1.82, 2.24) is 10.3 Å². The maximum absolute atomic E-state index is 12.2. The number of anilines is 1. The van der Waals surface area contributed by atoms with Gasteiger partial charge >= 0.3 is 0 Å². The Morgan fingerprint density at radius 2 is 2.24 bits per heavy atom. The van der Waals surface area contributed by atoms with Crippen molar-refractivity contribution in [3.8, 4) is 10.8 Å². The van der Waals surface area contributed by atoms with Gasteiger partial charge in [0.05, 0.1) is 22.0 Å². The van der Waals surface area contributed by atoms with Gasteiger partial charge in [0.15, 0.2) is 0 Å². The summed E-state index contributed by atoms with van der Waals surface area (Å²) in [5.41, 5.74) is 0.959. The molecule has 0 fully saturated rings. The Kier molecular flexibility index (Phi) is 4.75. The van der Waals surface area contributed by atoms with Gasteiger partial charge in [-0.2, -0.15) is 0 Å². The molecule has 1 amide bonds. The maximum atomic E-state index is 12.2. The average Bonchev–Trinajstić information content (AvgIpc) is 3.30. The first-order valence-corrected chi connectivity index (χ1v) is 8.19. The molecule has 8 nitrogen and oxygen atoms in total. The van der Waals surface area contributed by atoms with Crippen LogP contribution in [0.4, 0.5) is 11.4 Å². The lowest BCUT2D eigenvalue weighted by molar-refractivity contribution is -0.384. The predicted octanol–water partition coefficient (Wildman–Crippen LogP) is 3.28. The second-order valence-electron chi connectivity index (χ2n) is 5.04. The van der Waals surface area contributed by atoms with Gasteiger partial charge in [-0.1, -0.05) is 6.07 Å². The average molecular weight is 358 g/mol. The van der Waals surface area contributed by atoms with E-state index in [1.807, 2.05) is 17.5 Å². The largest absolute Gasteiger partial charge is 0.443 e. The van der Waals surface area contributed by atoms with Gasteiger partial charge in [-0.05, 0) is 23.6 Å². The highest BCUT2D eigenvalue weighted by Gasteiger charge is 2.17. The molecular formula is C16H14N4O4S. The number of hydrogen-bond donors (Lipinski definition) is 2. The number of rotatable bonds is 6. The smallest absolute Gasteiger partial charge is 0.293 e. The summed E-state index contributed by atoms with van der Waals surface area (Å²) in [6, 6.07) is 8.04. The van der Waals surface area contributed by atoms with Gasteiger partial charge in [-0.15, -0.1) is 11.3 Å². The Balaban J connectivity index is 1.69. The van der Waals surface area contributed by atoms with Crippen LogP contribution in [0.1, 0.15) is 16.1 Å². The molecule has 25 heavy (non-hydrogen) atoms. The number of carbonyl (C=O) groups excluding carboxylic acids is 1. The number of amides is 1. The number of hydrogen-bond acceptors (Lipinski definition) is 7. The summed E-state index contributed by atoms with van der Waals surface area (Å²) in [5.74, 6) is 0.0692. The zero-order valence-electron chi connectivity index (χ0n) is 13.2. The lowest BCUT2D eigenvalue weighted by Crippen LogP contribution is -2.23. The molecular weight excluding hydrogens is 344 g/mol. The fourth-order valence-electron chi connectivity index (χ4n) is 2.21. The second-order valence-corrected chi connectivity index (χ2v) is 5.99. The van der Waals surface area contributed by atoms with Crippen LogP contribution in [0.2, 0.25) is 0 Å². The van der Waals surface area contributed by atoms with Gasteiger partial charge in [0.1, 0.15) is 12.0 Å². The highest BCUT2D eigenvalue weighted by Crippen LogP contribution is 2.25. The Labute approximate surface area is 146 Å². The van der Waals surface area contributed by atoms with Crippen molar-refractivity contribution in [2.75, 3.05) is 12.4 Å². The van der Waals surface area contributed by atoms with E-state index < -0.39 is 10.8 Å². The number of nitro benzene ring substituents is 1. The normalized spacial score (nSPS) is 10.4. The van der Waals surface area contributed by atoms with Crippen molar-refractivity contribution >= 4 is 28.6 Å². The van der Waals surface area contributed by atoms with Crippen molar-refractivity contribution in [2.24, 2.45) is 0 Å². The zero-order chi connectivity index (χ0) is 17.8. The molecule has 2 heterocycles. The van der Waals surface area contributed by atoms with Crippen molar-refractivity contribution in [1.29, 1.82) is 0 Å². The number of thiophene rings is 1. The zero-order valence-corrected chi connectivity index (χ0v) is 14.0. The van der Waals surface area contributed by atoms with Crippen LogP contribution in [0.15, 0.2) is 46.4 Å². The van der Waals surface area contributed by atoms with Crippen molar-refractivity contribution in [2.45, 2.75) is 6.54 Å². The van der Waals surface area contributed by atoms with Gasteiger partial charge in [0.25, 0.3) is 11.6 Å². The Morgan fingerprint density at radius 1 is 1.40 bits per heavy atom. The van der Waals surface area contributed by atoms with Crippen molar-refractivity contribution in [3.05, 3.63) is 63.3 Å². The predicted molar refractivity (Wildman–Crippen MR) is 93.6 cm³/mol. The molecule has 128 valence electrons. The first kappa shape index (κ1) is 16.7. The number of benzene rings is 1. The topological polar surface area (TPSA) is 110 Å². The molecule has 0 saturated heterocycles. The van der Waals surface area contributed by atoms with Gasteiger partial charge in [0.2, 0.25) is 5.89 Å². The van der Waals surface area contributed by atoms with Gasteiger partial charge in [-0.25, -0.2) is 4.98 Å². The van der Waals surface area contributed by atoms with Crippen molar-refractivity contribution in [3.63, 3.8) is 0 Å². The van der Waals surface area contributed by atoms with Crippen LogP contribution in [0.3, 0.4) is 0 Å². The lowest BCUT2D eigenvalue weighted by atomic mass is 10.1. The molecule has 9 heteroatoms. The van der Waals surface area contributed by atoms with E-state index in [1.165, 1.54) is 35.8 Å². The molecule has 0 spiro atoms. The monoisotopic (exact) mass is 358 g/mol. The van der Waals surface area contributed by atoms with E-state index in [1.54, 1.807) is 7.05 Å². The molecule has 3 rings (SSSR count). The lowest BCUT2D eigenvalue weighted by Gasteiger charge is -2.06. The van der Waals surface area contributed by atoms with Crippen LogP contribution < -0.4 is 10.6 Å². The number of oxazole rings is 1.